The van der Waals surface area contributed by atoms with Crippen LogP contribution in [0.2, 0.25) is 0 Å². The molecular weight excluding hydrogens is 202 g/mol. The third-order valence-corrected chi connectivity index (χ3v) is 3.31. The van der Waals surface area contributed by atoms with Crippen molar-refractivity contribution in [3.63, 3.8) is 0 Å². The maximum atomic E-state index is 11.6. The van der Waals surface area contributed by atoms with Crippen LogP contribution in [0.3, 0.4) is 0 Å². The minimum atomic E-state index is -0.0516. The lowest BCUT2D eigenvalue weighted by atomic mass is 10.0. The van der Waals surface area contributed by atoms with Crippen LogP contribution >= 0.6 is 0 Å². The van der Waals surface area contributed by atoms with E-state index in [4.69, 9.17) is 4.74 Å². The fraction of sp³-hybridized carbons (Fsp3) is 0.923. The molecule has 16 heavy (non-hydrogen) atoms. The number of rotatable bonds is 5. The molecule has 1 rings (SSSR count). The summed E-state index contributed by atoms with van der Waals surface area (Å²) in [4.78, 5) is 13.9. The van der Waals surface area contributed by atoms with Crippen molar-refractivity contribution in [3.8, 4) is 0 Å². The van der Waals surface area contributed by atoms with Gasteiger partial charge in [0.2, 0.25) is 0 Å². The van der Waals surface area contributed by atoms with E-state index >= 15 is 0 Å². The Labute approximate surface area is 99.1 Å². The van der Waals surface area contributed by atoms with Gasteiger partial charge in [-0.15, -0.1) is 0 Å². The number of hydrogen-bond acceptors (Lipinski definition) is 3. The molecule has 0 unspecified atom stereocenters. The van der Waals surface area contributed by atoms with Gasteiger partial charge >= 0.3 is 5.97 Å². The molecule has 0 N–H and O–H groups in total. The zero-order chi connectivity index (χ0) is 12.0. The number of hydrogen-bond donors (Lipinski definition) is 0. The van der Waals surface area contributed by atoms with E-state index < -0.39 is 0 Å². The molecule has 3 heteroatoms. The second kappa shape index (κ2) is 6.89. The van der Waals surface area contributed by atoms with Crippen LogP contribution in [0.25, 0.3) is 0 Å². The van der Waals surface area contributed by atoms with E-state index in [-0.39, 0.29) is 12.0 Å². The quantitative estimate of drug-likeness (QED) is 0.676. The summed E-state index contributed by atoms with van der Waals surface area (Å²) >= 11 is 0. The predicted molar refractivity (Wildman–Crippen MR) is 65.3 cm³/mol. The van der Waals surface area contributed by atoms with Crippen molar-refractivity contribution >= 4 is 5.97 Å². The van der Waals surface area contributed by atoms with E-state index in [0.29, 0.717) is 0 Å². The van der Waals surface area contributed by atoms with Crippen molar-refractivity contribution in [2.75, 3.05) is 20.2 Å². The maximum absolute atomic E-state index is 11.6. The van der Waals surface area contributed by atoms with Crippen LogP contribution in [0.1, 0.15) is 46.0 Å². The molecule has 0 bridgehead atoms. The Balaban J connectivity index is 2.38. The van der Waals surface area contributed by atoms with E-state index in [1.807, 2.05) is 0 Å². The zero-order valence-corrected chi connectivity index (χ0v) is 10.9. The third-order valence-electron chi connectivity index (χ3n) is 3.31. The number of carbonyl (C=O) groups is 1. The first-order valence-electron chi connectivity index (χ1n) is 6.47. The monoisotopic (exact) mass is 227 g/mol. The molecule has 0 aromatic carbocycles. The van der Waals surface area contributed by atoms with Crippen LogP contribution in [-0.4, -0.2) is 37.1 Å². The first kappa shape index (κ1) is 13.5. The number of likely N-dealkylation sites (tertiary alicyclic amines) is 1. The van der Waals surface area contributed by atoms with Gasteiger partial charge in [-0.25, -0.2) is 0 Å². The Morgan fingerprint density at radius 3 is 2.81 bits per heavy atom. The Morgan fingerprint density at radius 2 is 2.19 bits per heavy atom. The molecule has 1 aliphatic rings. The largest absolute Gasteiger partial charge is 0.468 e. The Kier molecular flexibility index (Phi) is 5.81. The van der Waals surface area contributed by atoms with Crippen LogP contribution < -0.4 is 0 Å². The molecule has 1 aliphatic heterocycles. The van der Waals surface area contributed by atoms with E-state index in [1.54, 1.807) is 0 Å². The second-order valence-electron chi connectivity index (χ2n) is 5.11. The van der Waals surface area contributed by atoms with Crippen LogP contribution in [0.15, 0.2) is 0 Å². The smallest absolute Gasteiger partial charge is 0.323 e. The number of carbonyl (C=O) groups excluding carboxylic acids is 1. The summed E-state index contributed by atoms with van der Waals surface area (Å²) < 4.78 is 4.87. The maximum Gasteiger partial charge on any atom is 0.323 e. The lowest BCUT2D eigenvalue weighted by molar-refractivity contribution is -0.148. The van der Waals surface area contributed by atoms with Crippen LogP contribution in [0, 0.1) is 5.92 Å². The average Bonchev–Trinajstić information content (AvgIpc) is 2.28. The molecule has 0 spiro atoms. The molecule has 1 atom stereocenters. The molecule has 0 amide bonds. The van der Waals surface area contributed by atoms with Gasteiger partial charge < -0.3 is 4.74 Å². The highest BCUT2D eigenvalue weighted by Gasteiger charge is 2.28. The Morgan fingerprint density at radius 1 is 1.44 bits per heavy atom. The number of piperidine rings is 1. The van der Waals surface area contributed by atoms with Gasteiger partial charge in [-0.2, -0.15) is 0 Å². The van der Waals surface area contributed by atoms with Gasteiger partial charge in [0.15, 0.2) is 0 Å². The lowest BCUT2D eigenvalue weighted by Crippen LogP contribution is -2.45. The number of methoxy groups -OCH3 is 1. The molecule has 1 saturated heterocycles. The minimum absolute atomic E-state index is 0.0194. The molecule has 1 heterocycles. The van der Waals surface area contributed by atoms with Crippen LogP contribution in [-0.2, 0) is 9.53 Å². The van der Waals surface area contributed by atoms with E-state index in [2.05, 4.69) is 18.7 Å². The molecule has 0 aromatic rings. The summed E-state index contributed by atoms with van der Waals surface area (Å²) in [5, 5.41) is 0. The first-order valence-corrected chi connectivity index (χ1v) is 6.47. The molecule has 94 valence electrons. The van der Waals surface area contributed by atoms with Gasteiger partial charge in [-0.1, -0.05) is 20.3 Å². The van der Waals surface area contributed by atoms with Gasteiger partial charge in [0.25, 0.3) is 0 Å². The fourth-order valence-electron chi connectivity index (χ4n) is 2.36. The number of esters is 1. The Bertz CT molecular complexity index is 216. The van der Waals surface area contributed by atoms with Crippen molar-refractivity contribution in [2.45, 2.75) is 52.0 Å². The fourth-order valence-corrected chi connectivity index (χ4v) is 2.36. The highest BCUT2D eigenvalue weighted by atomic mass is 16.5. The van der Waals surface area contributed by atoms with Crippen molar-refractivity contribution < 1.29 is 9.53 Å². The second-order valence-corrected chi connectivity index (χ2v) is 5.11. The first-order chi connectivity index (χ1) is 7.65. The molecular formula is C13H25NO2. The molecule has 0 radical (unpaired) electrons. The summed E-state index contributed by atoms with van der Waals surface area (Å²) in [6.07, 6.45) is 5.76. The van der Waals surface area contributed by atoms with Crippen molar-refractivity contribution in [2.24, 2.45) is 5.92 Å². The topological polar surface area (TPSA) is 29.5 Å². The molecule has 3 nitrogen and oxygen atoms in total. The lowest BCUT2D eigenvalue weighted by Gasteiger charge is -2.33. The summed E-state index contributed by atoms with van der Waals surface area (Å²) in [6, 6.07) is 0.0194. The Hall–Kier alpha value is -0.570. The van der Waals surface area contributed by atoms with Crippen molar-refractivity contribution in [1.82, 2.24) is 4.90 Å². The third kappa shape index (κ3) is 4.12. The SMILES string of the molecule is COC(=O)[C@H]1CCCCN1CCCC(C)C. The number of ether oxygens (including phenoxy) is 1. The van der Waals surface area contributed by atoms with Gasteiger partial charge in [-0.3, -0.25) is 9.69 Å². The molecule has 0 aromatic heterocycles. The normalized spacial score (nSPS) is 22.4. The van der Waals surface area contributed by atoms with Gasteiger partial charge in [0.1, 0.15) is 6.04 Å². The molecule has 0 aliphatic carbocycles. The van der Waals surface area contributed by atoms with E-state index in [9.17, 15) is 4.79 Å². The predicted octanol–water partition coefficient (Wildman–Crippen LogP) is 2.45. The van der Waals surface area contributed by atoms with Crippen molar-refractivity contribution in [3.05, 3.63) is 0 Å². The van der Waals surface area contributed by atoms with E-state index in [0.717, 1.165) is 31.8 Å². The molecule has 0 saturated carbocycles. The van der Waals surface area contributed by atoms with Gasteiger partial charge in [-0.05, 0) is 44.7 Å². The van der Waals surface area contributed by atoms with Crippen LogP contribution in [0.5, 0.6) is 0 Å². The van der Waals surface area contributed by atoms with Crippen LogP contribution in [0.4, 0.5) is 0 Å². The highest BCUT2D eigenvalue weighted by Crippen LogP contribution is 2.19. The van der Waals surface area contributed by atoms with Crippen molar-refractivity contribution in [1.29, 1.82) is 0 Å². The summed E-state index contributed by atoms with van der Waals surface area (Å²) in [7, 11) is 1.49. The van der Waals surface area contributed by atoms with E-state index in [1.165, 1.54) is 26.4 Å². The van der Waals surface area contributed by atoms with Gasteiger partial charge in [0, 0.05) is 0 Å². The summed E-state index contributed by atoms with van der Waals surface area (Å²) in [5.74, 6) is 0.700. The number of nitrogens with zero attached hydrogens (tertiary/aromatic N) is 1. The standard InChI is InChI=1S/C13H25NO2/c1-11(2)7-6-10-14-9-5-4-8-12(14)13(15)16-3/h11-12H,4-10H2,1-3H3/t12-/m1/s1. The van der Waals surface area contributed by atoms with Gasteiger partial charge in [0.05, 0.1) is 7.11 Å². The highest BCUT2D eigenvalue weighted by molar-refractivity contribution is 5.75. The molecule has 1 fully saturated rings. The average molecular weight is 227 g/mol. The summed E-state index contributed by atoms with van der Waals surface area (Å²) in [6.45, 7) is 6.58. The zero-order valence-electron chi connectivity index (χ0n) is 10.9. The summed E-state index contributed by atoms with van der Waals surface area (Å²) in [5.41, 5.74) is 0. The minimum Gasteiger partial charge on any atom is -0.468 e.